The monoisotopic (exact) mass is 367 g/mol. The highest BCUT2D eigenvalue weighted by Crippen LogP contribution is 2.33. The molecule has 5 nitrogen and oxygen atoms in total. The lowest BCUT2D eigenvalue weighted by molar-refractivity contribution is -0.139. The van der Waals surface area contributed by atoms with Gasteiger partial charge in [-0.1, -0.05) is 32.0 Å². The van der Waals surface area contributed by atoms with Gasteiger partial charge in [-0.2, -0.15) is 0 Å². The number of hydrogen-bond donors (Lipinski definition) is 0. The lowest BCUT2D eigenvalue weighted by atomic mass is 10.0. The number of aryl methyl sites for hydroxylation is 2. The summed E-state index contributed by atoms with van der Waals surface area (Å²) in [5.41, 5.74) is 3.23. The summed E-state index contributed by atoms with van der Waals surface area (Å²) in [6.45, 7) is 4.51. The molecule has 0 spiro atoms. The highest BCUT2D eigenvalue weighted by Gasteiger charge is 2.37. The summed E-state index contributed by atoms with van der Waals surface area (Å²) in [7, 11) is 1.58. The number of amides is 1. The quantitative estimate of drug-likeness (QED) is 0.576. The third-order valence-corrected chi connectivity index (χ3v) is 4.97. The van der Waals surface area contributed by atoms with Gasteiger partial charge in [-0.05, 0) is 48.2 Å². The minimum Gasteiger partial charge on any atom is -0.497 e. The van der Waals surface area contributed by atoms with Crippen molar-refractivity contribution >= 4 is 17.6 Å². The van der Waals surface area contributed by atoms with Crippen LogP contribution in [0.5, 0.6) is 11.5 Å². The van der Waals surface area contributed by atoms with Crippen LogP contribution < -0.4 is 14.4 Å². The Kier molecular flexibility index (Phi) is 5.79. The molecule has 0 saturated carbocycles. The van der Waals surface area contributed by atoms with Crippen molar-refractivity contribution in [3.63, 3.8) is 0 Å². The number of anilines is 1. The van der Waals surface area contributed by atoms with E-state index in [2.05, 4.69) is 13.8 Å². The first kappa shape index (κ1) is 19.0. The number of carbonyl (C=O) groups excluding carboxylic acids is 2. The molecule has 0 unspecified atom stereocenters. The standard InChI is InChI=1S/C22H25NO4/c1-4-15-7-6-8-16(5-2)21(15)23-14-17(13-20(23)24)22(25)27-19-11-9-18(26-3)10-12-19/h6-12,17H,4-5,13-14H2,1-3H3/t17-/m1/s1. The largest absolute Gasteiger partial charge is 0.497 e. The molecule has 2 aromatic rings. The van der Waals surface area contributed by atoms with Crippen molar-refractivity contribution < 1.29 is 19.1 Å². The van der Waals surface area contributed by atoms with Gasteiger partial charge in [0.25, 0.3) is 0 Å². The summed E-state index contributed by atoms with van der Waals surface area (Å²) >= 11 is 0. The van der Waals surface area contributed by atoms with Gasteiger partial charge in [-0.25, -0.2) is 0 Å². The third-order valence-electron chi connectivity index (χ3n) is 4.97. The maximum absolute atomic E-state index is 12.7. The summed E-state index contributed by atoms with van der Waals surface area (Å²) in [6, 6.07) is 13.0. The van der Waals surface area contributed by atoms with Crippen LogP contribution in [0.4, 0.5) is 5.69 Å². The van der Waals surface area contributed by atoms with Crippen molar-refractivity contribution in [2.24, 2.45) is 5.92 Å². The molecule has 0 bridgehead atoms. The molecule has 0 N–H and O–H groups in total. The Bertz CT molecular complexity index is 806. The van der Waals surface area contributed by atoms with Crippen molar-refractivity contribution in [3.8, 4) is 11.5 Å². The molecule has 5 heteroatoms. The van der Waals surface area contributed by atoms with E-state index in [9.17, 15) is 9.59 Å². The van der Waals surface area contributed by atoms with Gasteiger partial charge in [-0.15, -0.1) is 0 Å². The van der Waals surface area contributed by atoms with Gasteiger partial charge in [0, 0.05) is 18.7 Å². The maximum atomic E-state index is 12.7. The molecule has 1 saturated heterocycles. The zero-order valence-electron chi connectivity index (χ0n) is 16.0. The summed E-state index contributed by atoms with van der Waals surface area (Å²) in [5, 5.41) is 0. The fourth-order valence-corrected chi connectivity index (χ4v) is 3.49. The van der Waals surface area contributed by atoms with E-state index < -0.39 is 5.92 Å². The summed E-state index contributed by atoms with van der Waals surface area (Å²) in [5.74, 6) is 0.287. The van der Waals surface area contributed by atoms with Crippen LogP contribution in [-0.2, 0) is 22.4 Å². The second-order valence-corrected chi connectivity index (χ2v) is 6.63. The SMILES string of the molecule is CCc1cccc(CC)c1N1C[C@H](C(=O)Oc2ccc(OC)cc2)CC1=O. The number of methoxy groups -OCH3 is 1. The van der Waals surface area contributed by atoms with E-state index in [1.54, 1.807) is 36.3 Å². The number of para-hydroxylation sites is 1. The van der Waals surface area contributed by atoms with Gasteiger partial charge in [0.05, 0.1) is 13.0 Å². The number of esters is 1. The zero-order valence-corrected chi connectivity index (χ0v) is 16.0. The van der Waals surface area contributed by atoms with Crippen LogP contribution in [0.1, 0.15) is 31.4 Å². The van der Waals surface area contributed by atoms with Crippen LogP contribution >= 0.6 is 0 Å². The van der Waals surface area contributed by atoms with Gasteiger partial charge >= 0.3 is 5.97 Å². The van der Waals surface area contributed by atoms with E-state index in [0.29, 0.717) is 18.0 Å². The average Bonchev–Trinajstić information content (AvgIpc) is 3.09. The van der Waals surface area contributed by atoms with E-state index in [-0.39, 0.29) is 18.3 Å². The molecular weight excluding hydrogens is 342 g/mol. The number of rotatable bonds is 6. The lowest BCUT2D eigenvalue weighted by Crippen LogP contribution is -2.29. The molecule has 2 aromatic carbocycles. The molecule has 1 fully saturated rings. The van der Waals surface area contributed by atoms with Crippen molar-refractivity contribution in [2.75, 3.05) is 18.6 Å². The first-order valence-electron chi connectivity index (χ1n) is 9.34. The van der Waals surface area contributed by atoms with Gasteiger partial charge < -0.3 is 14.4 Å². The van der Waals surface area contributed by atoms with Crippen LogP contribution in [0.3, 0.4) is 0 Å². The smallest absolute Gasteiger partial charge is 0.316 e. The highest BCUT2D eigenvalue weighted by atomic mass is 16.5. The molecule has 1 heterocycles. The average molecular weight is 367 g/mol. The van der Waals surface area contributed by atoms with Crippen LogP contribution in [-0.4, -0.2) is 25.5 Å². The van der Waals surface area contributed by atoms with Gasteiger partial charge in [-0.3, -0.25) is 9.59 Å². The summed E-state index contributed by atoms with van der Waals surface area (Å²) < 4.78 is 10.6. The maximum Gasteiger partial charge on any atom is 0.316 e. The number of nitrogens with zero attached hydrogens (tertiary/aromatic N) is 1. The first-order chi connectivity index (χ1) is 13.1. The fraction of sp³-hybridized carbons (Fsp3) is 0.364. The predicted molar refractivity (Wildman–Crippen MR) is 104 cm³/mol. The van der Waals surface area contributed by atoms with Crippen LogP contribution in [0.2, 0.25) is 0 Å². The third kappa shape index (κ3) is 3.97. The van der Waals surface area contributed by atoms with Crippen molar-refractivity contribution in [3.05, 3.63) is 53.6 Å². The van der Waals surface area contributed by atoms with Gasteiger partial charge in [0.1, 0.15) is 11.5 Å². The van der Waals surface area contributed by atoms with E-state index >= 15 is 0 Å². The molecule has 1 amide bonds. The summed E-state index contributed by atoms with van der Waals surface area (Å²) in [4.78, 5) is 27.0. The van der Waals surface area contributed by atoms with Gasteiger partial charge in [0.2, 0.25) is 5.91 Å². The number of ether oxygens (including phenoxy) is 2. The lowest BCUT2D eigenvalue weighted by Gasteiger charge is -2.23. The van der Waals surface area contributed by atoms with E-state index in [0.717, 1.165) is 29.7 Å². The normalized spacial score (nSPS) is 16.5. The molecule has 142 valence electrons. The number of carbonyl (C=O) groups is 2. The Balaban J connectivity index is 1.76. The Labute approximate surface area is 159 Å². The van der Waals surface area contributed by atoms with E-state index in [1.807, 2.05) is 18.2 Å². The van der Waals surface area contributed by atoms with Crippen LogP contribution in [0.25, 0.3) is 0 Å². The minimum atomic E-state index is -0.464. The minimum absolute atomic E-state index is 0.0257. The molecule has 0 aromatic heterocycles. The summed E-state index contributed by atoms with van der Waals surface area (Å²) in [6.07, 6.45) is 1.86. The van der Waals surface area contributed by atoms with Gasteiger partial charge in [0.15, 0.2) is 0 Å². The molecule has 0 radical (unpaired) electrons. The zero-order chi connectivity index (χ0) is 19.4. The highest BCUT2D eigenvalue weighted by molar-refractivity contribution is 6.00. The number of benzene rings is 2. The van der Waals surface area contributed by atoms with E-state index in [1.165, 1.54) is 0 Å². The second kappa shape index (κ2) is 8.25. The Hall–Kier alpha value is -2.82. The Morgan fingerprint density at radius 2 is 1.63 bits per heavy atom. The molecule has 27 heavy (non-hydrogen) atoms. The second-order valence-electron chi connectivity index (χ2n) is 6.63. The molecule has 1 aliphatic heterocycles. The van der Waals surface area contributed by atoms with Crippen molar-refractivity contribution in [2.45, 2.75) is 33.1 Å². The van der Waals surface area contributed by atoms with Crippen LogP contribution in [0.15, 0.2) is 42.5 Å². The molecular formula is C22H25NO4. The first-order valence-corrected chi connectivity index (χ1v) is 9.34. The van der Waals surface area contributed by atoms with Crippen LogP contribution in [0, 0.1) is 5.92 Å². The molecule has 1 atom stereocenters. The molecule has 3 rings (SSSR count). The Morgan fingerprint density at radius 3 is 2.19 bits per heavy atom. The topological polar surface area (TPSA) is 55.8 Å². The molecule has 0 aliphatic carbocycles. The Morgan fingerprint density at radius 1 is 1.04 bits per heavy atom. The van der Waals surface area contributed by atoms with Crippen molar-refractivity contribution in [1.29, 1.82) is 0 Å². The molecule has 1 aliphatic rings. The van der Waals surface area contributed by atoms with E-state index in [4.69, 9.17) is 9.47 Å². The predicted octanol–water partition coefficient (Wildman–Crippen LogP) is 3.78. The van der Waals surface area contributed by atoms with Crippen molar-refractivity contribution in [1.82, 2.24) is 0 Å². The fourth-order valence-electron chi connectivity index (χ4n) is 3.49. The number of hydrogen-bond acceptors (Lipinski definition) is 4.